The fourth-order valence-corrected chi connectivity index (χ4v) is 15.5. The summed E-state index contributed by atoms with van der Waals surface area (Å²) in [7, 11) is 5.70. The molecule has 0 unspecified atom stereocenters. The highest BCUT2D eigenvalue weighted by Crippen LogP contribution is 2.71. The molecule has 0 aliphatic rings. The molecule has 4 nitrogen and oxygen atoms in total. The van der Waals surface area contributed by atoms with E-state index in [2.05, 4.69) is 297 Å². The minimum Gasteiger partial charge on any atom is -0.252 e. The van der Waals surface area contributed by atoms with Gasteiger partial charge in [-0.15, -0.1) is 0 Å². The zero-order chi connectivity index (χ0) is 48.1. The van der Waals surface area contributed by atoms with Crippen molar-refractivity contribution in [1.82, 2.24) is 14.0 Å². The molecule has 0 bridgehead atoms. The SMILES string of the molecule is CN(C)P(=Nc1cccc2ccccc12)(N(C)C)N(C(c1cccc2ccccc12)c1cccc2ccccc12)C(c1cccc2ccccc12)(c1cccc2ccccc12)c1cccc2ccccc12. The molecule has 0 spiro atoms. The third-order valence-corrected chi connectivity index (χ3v) is 18.5. The van der Waals surface area contributed by atoms with E-state index in [1.807, 2.05) is 0 Å². The van der Waals surface area contributed by atoms with Crippen LogP contribution in [0.2, 0.25) is 0 Å². The summed E-state index contributed by atoms with van der Waals surface area (Å²) in [4.78, 5) is 0. The maximum absolute atomic E-state index is 6.52. The van der Waals surface area contributed by atoms with Gasteiger partial charge < -0.3 is 0 Å². The first kappa shape index (κ1) is 44.5. The summed E-state index contributed by atoms with van der Waals surface area (Å²) >= 11 is 0. The Bertz CT molecular complexity index is 3710. The monoisotopic (exact) mass is 934 g/mol. The van der Waals surface area contributed by atoms with Crippen molar-refractivity contribution in [2.45, 2.75) is 11.6 Å². The van der Waals surface area contributed by atoms with Crippen molar-refractivity contribution >= 4 is 77.8 Å². The predicted octanol–water partition coefficient (Wildman–Crippen LogP) is 17.4. The average molecular weight is 935 g/mol. The van der Waals surface area contributed by atoms with Crippen LogP contribution in [-0.4, -0.2) is 42.2 Å². The highest BCUT2D eigenvalue weighted by atomic mass is 31.2. The van der Waals surface area contributed by atoms with Crippen LogP contribution in [0, 0.1) is 0 Å². The fraction of sp³-hybridized carbons (Fsp3) is 0.0909. The molecule has 0 N–H and O–H groups in total. The summed E-state index contributed by atoms with van der Waals surface area (Å²) in [6.07, 6.45) is 0. The number of hydrogen-bond donors (Lipinski definition) is 0. The van der Waals surface area contributed by atoms with E-state index in [1.54, 1.807) is 0 Å². The van der Waals surface area contributed by atoms with Crippen molar-refractivity contribution < 1.29 is 0 Å². The van der Waals surface area contributed by atoms with Gasteiger partial charge >= 0.3 is 0 Å². The molecule has 0 atom stereocenters. The largest absolute Gasteiger partial charge is 0.252 e. The molecule has 0 aromatic heterocycles. The second-order valence-electron chi connectivity index (χ2n) is 19.0. The first-order chi connectivity index (χ1) is 34.9. The summed E-state index contributed by atoms with van der Waals surface area (Å²) in [6.45, 7) is 0. The minimum atomic E-state index is -3.35. The number of benzene rings is 12. The van der Waals surface area contributed by atoms with Gasteiger partial charge in [0.1, 0.15) is 5.54 Å². The Morgan fingerprint density at radius 3 is 0.972 bits per heavy atom. The molecule has 0 aliphatic carbocycles. The van der Waals surface area contributed by atoms with E-state index in [4.69, 9.17) is 4.74 Å². The molecule has 0 aliphatic heterocycles. The fourth-order valence-electron chi connectivity index (χ4n) is 11.8. The molecule has 0 radical (unpaired) electrons. The molecule has 0 amide bonds. The Morgan fingerprint density at radius 1 is 0.310 bits per heavy atom. The van der Waals surface area contributed by atoms with Crippen LogP contribution in [-0.2, 0) is 5.54 Å². The Morgan fingerprint density at radius 2 is 0.592 bits per heavy atom. The van der Waals surface area contributed by atoms with Crippen LogP contribution in [0.1, 0.15) is 33.9 Å². The van der Waals surface area contributed by atoms with Gasteiger partial charge in [0.2, 0.25) is 0 Å². The van der Waals surface area contributed by atoms with Crippen LogP contribution in [0.15, 0.2) is 260 Å². The van der Waals surface area contributed by atoms with Crippen molar-refractivity contribution in [1.29, 1.82) is 0 Å². The standard InChI is InChI=1S/C66H55N4P/c1-68(2)71(69(3)4,67-64-46-22-34-52-28-10-16-40-58(52)64)70(65(59-41-17-29-47-23-5-11-35-53(47)59)60-42-18-30-48-24-6-12-36-54(48)60)66(61-43-19-31-49-25-7-13-37-55(49)61,62-44-20-32-50-26-8-14-38-56(50)62)63-45-21-33-51-27-9-15-39-57(51)63/h5-46,65H,1-4H3. The molecule has 12 aromatic rings. The number of rotatable bonds is 11. The lowest BCUT2D eigenvalue weighted by atomic mass is 9.71. The van der Waals surface area contributed by atoms with Gasteiger partial charge in [-0.1, -0.05) is 249 Å². The van der Waals surface area contributed by atoms with Gasteiger partial charge in [0.25, 0.3) is 0 Å². The molecule has 12 aromatic carbocycles. The maximum atomic E-state index is 6.52. The third-order valence-electron chi connectivity index (χ3n) is 14.7. The van der Waals surface area contributed by atoms with Crippen LogP contribution < -0.4 is 0 Å². The smallest absolute Gasteiger partial charge is 0.174 e. The van der Waals surface area contributed by atoms with Gasteiger partial charge in [-0.3, -0.25) is 9.34 Å². The molecule has 0 saturated heterocycles. The van der Waals surface area contributed by atoms with Crippen LogP contribution in [0.25, 0.3) is 64.6 Å². The van der Waals surface area contributed by atoms with Crippen molar-refractivity contribution in [2.75, 3.05) is 28.2 Å². The molecule has 0 fully saturated rings. The first-order valence-electron chi connectivity index (χ1n) is 24.5. The summed E-state index contributed by atoms with van der Waals surface area (Å²) in [5.74, 6) is 0. The van der Waals surface area contributed by atoms with Gasteiger partial charge in [0, 0.05) is 5.39 Å². The molecule has 344 valence electrons. The van der Waals surface area contributed by atoms with E-state index in [0.29, 0.717) is 0 Å². The predicted molar refractivity (Wildman–Crippen MR) is 304 cm³/mol. The zero-order valence-corrected chi connectivity index (χ0v) is 41.5. The summed E-state index contributed by atoms with van der Waals surface area (Å²) < 4.78 is 14.4. The highest BCUT2D eigenvalue weighted by molar-refractivity contribution is 7.59. The first-order valence-corrected chi connectivity index (χ1v) is 26.1. The van der Waals surface area contributed by atoms with Crippen molar-refractivity contribution in [3.05, 3.63) is 283 Å². The minimum absolute atomic E-state index is 0.444. The Hall–Kier alpha value is -7.69. The van der Waals surface area contributed by atoms with Crippen LogP contribution in [0.3, 0.4) is 0 Å². The molecular formula is C66H55N4P. The Balaban J connectivity index is 1.44. The molecular weight excluding hydrogens is 880 g/mol. The van der Waals surface area contributed by atoms with E-state index < -0.39 is 19.1 Å². The van der Waals surface area contributed by atoms with E-state index in [1.165, 1.54) is 81.7 Å². The summed E-state index contributed by atoms with van der Waals surface area (Å²) in [6, 6.07) is 94.5. The lowest BCUT2D eigenvalue weighted by molar-refractivity contribution is 0.225. The van der Waals surface area contributed by atoms with E-state index >= 15 is 0 Å². The van der Waals surface area contributed by atoms with Gasteiger partial charge in [0.15, 0.2) is 7.51 Å². The second kappa shape index (κ2) is 18.2. The molecule has 12 rings (SSSR count). The summed E-state index contributed by atoms with van der Waals surface area (Å²) in [5, 5.41) is 14.1. The normalized spacial score (nSPS) is 12.5. The third kappa shape index (κ3) is 7.21. The zero-order valence-electron chi connectivity index (χ0n) is 40.6. The van der Waals surface area contributed by atoms with Crippen molar-refractivity contribution in [2.24, 2.45) is 4.74 Å². The number of nitrogens with zero attached hydrogens (tertiary/aromatic N) is 4. The van der Waals surface area contributed by atoms with Gasteiger partial charge in [-0.25, -0.2) is 9.42 Å². The van der Waals surface area contributed by atoms with E-state index in [0.717, 1.165) is 16.5 Å². The lowest BCUT2D eigenvalue weighted by Crippen LogP contribution is -2.52. The average Bonchev–Trinajstić information content (AvgIpc) is 3.42. The van der Waals surface area contributed by atoms with Gasteiger partial charge in [0.05, 0.1) is 11.7 Å². The maximum Gasteiger partial charge on any atom is 0.174 e. The van der Waals surface area contributed by atoms with Crippen molar-refractivity contribution in [3.63, 3.8) is 0 Å². The topological polar surface area (TPSA) is 22.1 Å². The molecule has 71 heavy (non-hydrogen) atoms. The number of hydrogen-bond acceptors (Lipinski definition) is 1. The molecule has 0 saturated carbocycles. The van der Waals surface area contributed by atoms with E-state index in [9.17, 15) is 0 Å². The van der Waals surface area contributed by atoms with Crippen LogP contribution in [0.5, 0.6) is 0 Å². The summed E-state index contributed by atoms with van der Waals surface area (Å²) in [5.41, 5.74) is 5.76. The second-order valence-corrected chi connectivity index (χ2v) is 22.3. The van der Waals surface area contributed by atoms with Crippen LogP contribution >= 0.6 is 7.51 Å². The lowest BCUT2D eigenvalue weighted by Gasteiger charge is -2.58. The molecule has 5 heteroatoms. The quantitative estimate of drug-likeness (QED) is 0.0953. The highest BCUT2D eigenvalue weighted by Gasteiger charge is 2.56. The molecule has 0 heterocycles. The Kier molecular flexibility index (Phi) is 11.4. The van der Waals surface area contributed by atoms with Crippen molar-refractivity contribution in [3.8, 4) is 0 Å². The van der Waals surface area contributed by atoms with Gasteiger partial charge in [-0.05, 0) is 121 Å². The van der Waals surface area contributed by atoms with E-state index in [-0.39, 0.29) is 0 Å². The number of fused-ring (bicyclic) bond motifs is 6. The van der Waals surface area contributed by atoms with Crippen LogP contribution in [0.4, 0.5) is 5.69 Å². The Labute approximate surface area is 416 Å². The van der Waals surface area contributed by atoms with Gasteiger partial charge in [-0.2, -0.15) is 0 Å².